The molecule has 0 atom stereocenters. The zero-order valence-electron chi connectivity index (χ0n) is 9.64. The predicted octanol–water partition coefficient (Wildman–Crippen LogP) is 0.797. The second-order valence-corrected chi connectivity index (χ2v) is 4.66. The molecule has 0 bridgehead atoms. The molecular formula is C12H20N2O2. The van der Waals surface area contributed by atoms with Gasteiger partial charge in [0.25, 0.3) is 0 Å². The van der Waals surface area contributed by atoms with Crippen LogP contribution in [0, 0.1) is 0 Å². The number of carboxylic acid groups (broad SMARTS) is 1. The molecule has 90 valence electrons. The number of hydrogen-bond acceptors (Lipinski definition) is 3. The van der Waals surface area contributed by atoms with Gasteiger partial charge >= 0.3 is 5.97 Å². The number of aliphatic carboxylic acids is 1. The lowest BCUT2D eigenvalue weighted by atomic mass is 10.3. The van der Waals surface area contributed by atoms with Crippen molar-refractivity contribution in [2.75, 3.05) is 32.7 Å². The molecule has 1 aliphatic carbocycles. The first kappa shape index (κ1) is 11.6. The van der Waals surface area contributed by atoms with Gasteiger partial charge in [-0.2, -0.15) is 0 Å². The minimum absolute atomic E-state index is 0.769. The van der Waals surface area contributed by atoms with E-state index in [2.05, 4.69) is 9.80 Å². The summed E-state index contributed by atoms with van der Waals surface area (Å²) in [6.07, 6.45) is 6.94. The Balaban J connectivity index is 1.72. The van der Waals surface area contributed by atoms with Crippen LogP contribution < -0.4 is 0 Å². The SMILES string of the molecule is O=C(O)/C=C/CN1CCCN(C2CC2)CC1. The Morgan fingerprint density at radius 3 is 2.75 bits per heavy atom. The Hall–Kier alpha value is -0.870. The van der Waals surface area contributed by atoms with Crippen molar-refractivity contribution in [3.05, 3.63) is 12.2 Å². The second-order valence-electron chi connectivity index (χ2n) is 4.66. The van der Waals surface area contributed by atoms with Crippen molar-refractivity contribution in [3.8, 4) is 0 Å². The third kappa shape index (κ3) is 3.61. The lowest BCUT2D eigenvalue weighted by Crippen LogP contribution is -2.32. The summed E-state index contributed by atoms with van der Waals surface area (Å²) in [6, 6.07) is 0.856. The average molecular weight is 224 g/mol. The first-order valence-corrected chi connectivity index (χ1v) is 6.11. The van der Waals surface area contributed by atoms with Gasteiger partial charge in [0, 0.05) is 31.8 Å². The van der Waals surface area contributed by atoms with Crippen LogP contribution in [-0.4, -0.2) is 59.6 Å². The first-order chi connectivity index (χ1) is 7.75. The lowest BCUT2D eigenvalue weighted by Gasteiger charge is -2.20. The van der Waals surface area contributed by atoms with E-state index in [9.17, 15) is 4.79 Å². The van der Waals surface area contributed by atoms with Crippen LogP contribution in [-0.2, 0) is 4.79 Å². The van der Waals surface area contributed by atoms with Gasteiger partial charge in [-0.15, -0.1) is 0 Å². The minimum atomic E-state index is -0.852. The van der Waals surface area contributed by atoms with E-state index in [0.29, 0.717) is 0 Å². The van der Waals surface area contributed by atoms with E-state index in [0.717, 1.165) is 32.2 Å². The van der Waals surface area contributed by atoms with E-state index in [4.69, 9.17) is 5.11 Å². The van der Waals surface area contributed by atoms with E-state index >= 15 is 0 Å². The summed E-state index contributed by atoms with van der Waals surface area (Å²) in [6.45, 7) is 5.29. The summed E-state index contributed by atoms with van der Waals surface area (Å²) < 4.78 is 0. The maximum atomic E-state index is 10.3. The van der Waals surface area contributed by atoms with Crippen LogP contribution in [0.15, 0.2) is 12.2 Å². The largest absolute Gasteiger partial charge is 0.478 e. The Kier molecular flexibility index (Phi) is 3.96. The molecule has 4 heteroatoms. The normalized spacial score (nSPS) is 24.8. The van der Waals surface area contributed by atoms with Crippen LogP contribution in [0.1, 0.15) is 19.3 Å². The van der Waals surface area contributed by atoms with Crippen molar-refractivity contribution in [3.63, 3.8) is 0 Å². The lowest BCUT2D eigenvalue weighted by molar-refractivity contribution is -0.131. The highest BCUT2D eigenvalue weighted by Gasteiger charge is 2.29. The molecule has 4 nitrogen and oxygen atoms in total. The highest BCUT2D eigenvalue weighted by Crippen LogP contribution is 2.27. The van der Waals surface area contributed by atoms with Crippen molar-refractivity contribution in [1.82, 2.24) is 9.80 Å². The summed E-state index contributed by atoms with van der Waals surface area (Å²) in [5.74, 6) is -0.852. The van der Waals surface area contributed by atoms with Crippen LogP contribution in [0.3, 0.4) is 0 Å². The third-order valence-electron chi connectivity index (χ3n) is 3.31. The van der Waals surface area contributed by atoms with Crippen molar-refractivity contribution in [2.24, 2.45) is 0 Å². The first-order valence-electron chi connectivity index (χ1n) is 6.11. The minimum Gasteiger partial charge on any atom is -0.478 e. The zero-order valence-corrected chi connectivity index (χ0v) is 9.64. The van der Waals surface area contributed by atoms with Gasteiger partial charge in [0.1, 0.15) is 0 Å². The molecule has 1 N–H and O–H groups in total. The van der Waals surface area contributed by atoms with Gasteiger partial charge < -0.3 is 5.11 Å². The standard InChI is InChI=1S/C12H20N2O2/c15-12(16)3-1-6-13-7-2-8-14(10-9-13)11-4-5-11/h1,3,11H,2,4-10H2,(H,15,16)/b3-1+. The molecule has 0 radical (unpaired) electrons. The molecule has 0 amide bonds. The molecule has 1 saturated carbocycles. The van der Waals surface area contributed by atoms with Gasteiger partial charge in [-0.3, -0.25) is 9.80 Å². The molecule has 0 unspecified atom stereocenters. The summed E-state index contributed by atoms with van der Waals surface area (Å²) in [4.78, 5) is 15.3. The third-order valence-corrected chi connectivity index (χ3v) is 3.31. The number of hydrogen-bond donors (Lipinski definition) is 1. The quantitative estimate of drug-likeness (QED) is 0.717. The fourth-order valence-corrected chi connectivity index (χ4v) is 2.28. The van der Waals surface area contributed by atoms with Crippen LogP contribution in [0.25, 0.3) is 0 Å². The maximum Gasteiger partial charge on any atom is 0.328 e. The Labute approximate surface area is 96.5 Å². The van der Waals surface area contributed by atoms with Gasteiger partial charge in [-0.05, 0) is 32.4 Å². The summed E-state index contributed by atoms with van der Waals surface area (Å²) in [5, 5.41) is 8.51. The van der Waals surface area contributed by atoms with Gasteiger partial charge in [0.2, 0.25) is 0 Å². The van der Waals surface area contributed by atoms with Crippen molar-refractivity contribution >= 4 is 5.97 Å². The number of nitrogens with zero attached hydrogens (tertiary/aromatic N) is 2. The highest BCUT2D eigenvalue weighted by atomic mass is 16.4. The molecule has 0 spiro atoms. The topological polar surface area (TPSA) is 43.8 Å². The zero-order chi connectivity index (χ0) is 11.4. The van der Waals surface area contributed by atoms with Crippen LogP contribution >= 0.6 is 0 Å². The number of carboxylic acids is 1. The Bertz CT molecular complexity index is 274. The van der Waals surface area contributed by atoms with Gasteiger partial charge in [-0.1, -0.05) is 6.08 Å². The van der Waals surface area contributed by atoms with Gasteiger partial charge in [-0.25, -0.2) is 4.79 Å². The molecule has 0 aromatic heterocycles. The monoisotopic (exact) mass is 224 g/mol. The van der Waals surface area contributed by atoms with Crippen molar-refractivity contribution in [2.45, 2.75) is 25.3 Å². The second kappa shape index (κ2) is 5.46. The Morgan fingerprint density at radius 1 is 1.25 bits per heavy atom. The van der Waals surface area contributed by atoms with Crippen molar-refractivity contribution in [1.29, 1.82) is 0 Å². The molecule has 1 aliphatic heterocycles. The molecule has 1 heterocycles. The average Bonchev–Trinajstić information content (AvgIpc) is 3.03. The van der Waals surface area contributed by atoms with E-state index in [1.165, 1.54) is 31.9 Å². The summed E-state index contributed by atoms with van der Waals surface area (Å²) >= 11 is 0. The molecule has 0 aromatic rings. The van der Waals surface area contributed by atoms with E-state index in [-0.39, 0.29) is 0 Å². The summed E-state index contributed by atoms with van der Waals surface area (Å²) in [7, 11) is 0. The van der Waals surface area contributed by atoms with Crippen LogP contribution in [0.4, 0.5) is 0 Å². The molecule has 2 aliphatic rings. The molecule has 1 saturated heterocycles. The highest BCUT2D eigenvalue weighted by molar-refractivity contribution is 5.79. The van der Waals surface area contributed by atoms with Crippen LogP contribution in [0.5, 0.6) is 0 Å². The van der Waals surface area contributed by atoms with E-state index in [1.54, 1.807) is 6.08 Å². The van der Waals surface area contributed by atoms with Crippen LogP contribution in [0.2, 0.25) is 0 Å². The molecule has 16 heavy (non-hydrogen) atoms. The predicted molar refractivity (Wildman–Crippen MR) is 62.4 cm³/mol. The smallest absolute Gasteiger partial charge is 0.328 e. The maximum absolute atomic E-state index is 10.3. The van der Waals surface area contributed by atoms with Gasteiger partial charge in [0.05, 0.1) is 0 Å². The van der Waals surface area contributed by atoms with E-state index < -0.39 is 5.97 Å². The Morgan fingerprint density at radius 2 is 2.06 bits per heavy atom. The van der Waals surface area contributed by atoms with Crippen molar-refractivity contribution < 1.29 is 9.90 Å². The fraction of sp³-hybridized carbons (Fsp3) is 0.750. The molecule has 2 rings (SSSR count). The molecule has 0 aromatic carbocycles. The fourth-order valence-electron chi connectivity index (χ4n) is 2.28. The summed E-state index contributed by atoms with van der Waals surface area (Å²) in [5.41, 5.74) is 0. The van der Waals surface area contributed by atoms with Gasteiger partial charge in [0.15, 0.2) is 0 Å². The molecule has 2 fully saturated rings. The number of carbonyl (C=O) groups is 1. The molecular weight excluding hydrogens is 204 g/mol. The van der Waals surface area contributed by atoms with E-state index in [1.807, 2.05) is 0 Å². The number of rotatable bonds is 4.